The minimum atomic E-state index is 0.245. The van der Waals surface area contributed by atoms with Crippen LogP contribution in [0.1, 0.15) is 38.4 Å². The number of rotatable bonds is 5. The van der Waals surface area contributed by atoms with Gasteiger partial charge in [0.2, 0.25) is 5.91 Å². The molecule has 1 fully saturated rings. The molecule has 4 heteroatoms. The third-order valence-electron chi connectivity index (χ3n) is 3.64. The summed E-state index contributed by atoms with van der Waals surface area (Å²) in [6.45, 7) is 2.93. The molecule has 0 spiro atoms. The van der Waals surface area contributed by atoms with E-state index in [0.29, 0.717) is 5.92 Å². The predicted octanol–water partition coefficient (Wildman–Crippen LogP) is 1.89. The molecule has 17 heavy (non-hydrogen) atoms. The number of hydrogen-bond acceptors (Lipinski definition) is 2. The number of aryl methyl sites for hydroxylation is 1. The Morgan fingerprint density at radius 2 is 2.47 bits per heavy atom. The average Bonchev–Trinajstić information content (AvgIpc) is 2.95. The third-order valence-corrected chi connectivity index (χ3v) is 3.64. The molecule has 1 saturated carbocycles. The molecule has 2 rings (SSSR count). The lowest BCUT2D eigenvalue weighted by molar-refractivity contribution is -0.125. The largest absolute Gasteiger partial charge is 0.356 e. The molecule has 1 aliphatic rings. The van der Waals surface area contributed by atoms with Crippen LogP contribution in [0.25, 0.3) is 0 Å². The van der Waals surface area contributed by atoms with Crippen LogP contribution >= 0.6 is 0 Å². The van der Waals surface area contributed by atoms with Gasteiger partial charge in [-0.3, -0.25) is 4.79 Å². The van der Waals surface area contributed by atoms with Crippen molar-refractivity contribution in [3.63, 3.8) is 0 Å². The third kappa shape index (κ3) is 3.32. The van der Waals surface area contributed by atoms with E-state index < -0.39 is 0 Å². The lowest BCUT2D eigenvalue weighted by Crippen LogP contribution is -2.32. The molecule has 2 N–H and O–H groups in total. The van der Waals surface area contributed by atoms with Crippen molar-refractivity contribution in [3.8, 4) is 0 Å². The molecule has 94 valence electrons. The standard InChI is InChI=1S/C13H21N3O/c1-10-4-2-5-11(10)13(17)16-7-3-6-12-14-8-9-15-12/h8-11H,2-7H2,1H3,(H,14,15)(H,16,17). The summed E-state index contributed by atoms with van der Waals surface area (Å²) in [4.78, 5) is 19.1. The fourth-order valence-electron chi connectivity index (χ4n) is 2.57. The summed E-state index contributed by atoms with van der Waals surface area (Å²) in [6.07, 6.45) is 8.89. The first-order valence-corrected chi connectivity index (χ1v) is 6.53. The molecule has 1 aromatic heterocycles. The molecule has 4 nitrogen and oxygen atoms in total. The number of aromatic nitrogens is 2. The van der Waals surface area contributed by atoms with E-state index in [1.54, 1.807) is 6.20 Å². The van der Waals surface area contributed by atoms with Crippen molar-refractivity contribution in [2.45, 2.75) is 39.0 Å². The molecule has 2 atom stereocenters. The molecule has 1 amide bonds. The van der Waals surface area contributed by atoms with E-state index >= 15 is 0 Å². The molecule has 0 aliphatic heterocycles. The highest BCUT2D eigenvalue weighted by atomic mass is 16.1. The fourth-order valence-corrected chi connectivity index (χ4v) is 2.57. The van der Waals surface area contributed by atoms with E-state index in [4.69, 9.17) is 0 Å². The summed E-state index contributed by atoms with van der Waals surface area (Å²) in [5, 5.41) is 3.04. The molecular formula is C13H21N3O. The van der Waals surface area contributed by atoms with Crippen LogP contribution in [0.5, 0.6) is 0 Å². The Hall–Kier alpha value is -1.32. The van der Waals surface area contributed by atoms with Crippen molar-refractivity contribution in [2.75, 3.05) is 6.54 Å². The van der Waals surface area contributed by atoms with Gasteiger partial charge >= 0.3 is 0 Å². The fraction of sp³-hybridized carbons (Fsp3) is 0.692. The molecule has 2 unspecified atom stereocenters. The Morgan fingerprint density at radius 3 is 3.12 bits per heavy atom. The quantitative estimate of drug-likeness (QED) is 0.766. The summed E-state index contributed by atoms with van der Waals surface area (Å²) >= 11 is 0. The zero-order valence-corrected chi connectivity index (χ0v) is 10.4. The van der Waals surface area contributed by atoms with Crippen LogP contribution in [-0.4, -0.2) is 22.4 Å². The molecular weight excluding hydrogens is 214 g/mol. The second-order valence-corrected chi connectivity index (χ2v) is 4.95. The van der Waals surface area contributed by atoms with Crippen molar-refractivity contribution >= 4 is 5.91 Å². The van der Waals surface area contributed by atoms with Gasteiger partial charge < -0.3 is 10.3 Å². The lowest BCUT2D eigenvalue weighted by atomic mass is 9.97. The van der Waals surface area contributed by atoms with E-state index in [-0.39, 0.29) is 11.8 Å². The molecule has 1 aliphatic carbocycles. The van der Waals surface area contributed by atoms with Crippen molar-refractivity contribution in [1.29, 1.82) is 0 Å². The van der Waals surface area contributed by atoms with Crippen LogP contribution in [0.15, 0.2) is 12.4 Å². The van der Waals surface area contributed by atoms with Gasteiger partial charge in [0.15, 0.2) is 0 Å². The molecule has 0 radical (unpaired) electrons. The van der Waals surface area contributed by atoms with Gasteiger partial charge in [-0.2, -0.15) is 0 Å². The maximum atomic E-state index is 11.9. The number of nitrogens with zero attached hydrogens (tertiary/aromatic N) is 1. The monoisotopic (exact) mass is 235 g/mol. The van der Waals surface area contributed by atoms with E-state index in [2.05, 4.69) is 22.2 Å². The van der Waals surface area contributed by atoms with Crippen molar-refractivity contribution in [1.82, 2.24) is 15.3 Å². The summed E-state index contributed by atoms with van der Waals surface area (Å²) in [6, 6.07) is 0. The number of nitrogens with one attached hydrogen (secondary N) is 2. The molecule has 1 aromatic rings. The van der Waals surface area contributed by atoms with Gasteiger partial charge in [-0.15, -0.1) is 0 Å². The Labute approximate surface area is 102 Å². The molecule has 0 aromatic carbocycles. The number of amides is 1. The lowest BCUT2D eigenvalue weighted by Gasteiger charge is -2.14. The number of H-pyrrole nitrogens is 1. The van der Waals surface area contributed by atoms with Crippen LogP contribution < -0.4 is 5.32 Å². The summed E-state index contributed by atoms with van der Waals surface area (Å²) in [5.41, 5.74) is 0. The SMILES string of the molecule is CC1CCCC1C(=O)NCCCc1ncc[nH]1. The van der Waals surface area contributed by atoms with Gasteiger partial charge in [0.25, 0.3) is 0 Å². The highest BCUT2D eigenvalue weighted by Crippen LogP contribution is 2.31. The molecule has 0 bridgehead atoms. The number of imidazole rings is 1. The second-order valence-electron chi connectivity index (χ2n) is 4.95. The van der Waals surface area contributed by atoms with Crippen molar-refractivity contribution in [3.05, 3.63) is 18.2 Å². The number of aromatic amines is 1. The summed E-state index contributed by atoms with van der Waals surface area (Å²) < 4.78 is 0. The number of hydrogen-bond donors (Lipinski definition) is 2. The van der Waals surface area contributed by atoms with Gasteiger partial charge in [0.1, 0.15) is 5.82 Å². The van der Waals surface area contributed by atoms with Crippen LogP contribution in [0.2, 0.25) is 0 Å². The van der Waals surface area contributed by atoms with Gasteiger partial charge in [-0.05, 0) is 25.2 Å². The van der Waals surface area contributed by atoms with Crippen molar-refractivity contribution in [2.24, 2.45) is 11.8 Å². The van der Waals surface area contributed by atoms with Crippen LogP contribution in [0, 0.1) is 11.8 Å². The topological polar surface area (TPSA) is 57.8 Å². The Morgan fingerprint density at radius 1 is 1.59 bits per heavy atom. The Bertz CT molecular complexity index is 348. The normalized spacial score (nSPS) is 23.8. The maximum Gasteiger partial charge on any atom is 0.223 e. The van der Waals surface area contributed by atoms with E-state index in [9.17, 15) is 4.79 Å². The minimum absolute atomic E-state index is 0.245. The van der Waals surface area contributed by atoms with Gasteiger partial charge in [0.05, 0.1) is 0 Å². The first kappa shape index (κ1) is 12.1. The van der Waals surface area contributed by atoms with E-state index in [0.717, 1.165) is 31.6 Å². The second kappa shape index (κ2) is 5.84. The van der Waals surface area contributed by atoms with Gasteiger partial charge in [-0.1, -0.05) is 13.3 Å². The smallest absolute Gasteiger partial charge is 0.223 e. The van der Waals surface area contributed by atoms with Crippen molar-refractivity contribution < 1.29 is 4.79 Å². The molecule has 1 heterocycles. The van der Waals surface area contributed by atoms with Crippen LogP contribution in [0.3, 0.4) is 0 Å². The van der Waals surface area contributed by atoms with Crippen LogP contribution in [-0.2, 0) is 11.2 Å². The summed E-state index contributed by atoms with van der Waals surface area (Å²) in [7, 11) is 0. The average molecular weight is 235 g/mol. The minimum Gasteiger partial charge on any atom is -0.356 e. The highest BCUT2D eigenvalue weighted by Gasteiger charge is 2.29. The Balaban J connectivity index is 1.63. The van der Waals surface area contributed by atoms with E-state index in [1.807, 2.05) is 6.20 Å². The maximum absolute atomic E-state index is 11.9. The number of carbonyl (C=O) groups excluding carboxylic acids is 1. The zero-order valence-electron chi connectivity index (χ0n) is 10.4. The zero-order chi connectivity index (χ0) is 12.1. The van der Waals surface area contributed by atoms with Gasteiger partial charge in [0, 0.05) is 31.3 Å². The van der Waals surface area contributed by atoms with Gasteiger partial charge in [-0.25, -0.2) is 4.98 Å². The predicted molar refractivity (Wildman–Crippen MR) is 66.4 cm³/mol. The van der Waals surface area contributed by atoms with E-state index in [1.165, 1.54) is 12.8 Å². The highest BCUT2D eigenvalue weighted by molar-refractivity contribution is 5.79. The Kier molecular flexibility index (Phi) is 4.18. The first-order chi connectivity index (χ1) is 8.27. The number of carbonyl (C=O) groups is 1. The van der Waals surface area contributed by atoms with Crippen LogP contribution in [0.4, 0.5) is 0 Å². The first-order valence-electron chi connectivity index (χ1n) is 6.53. The molecule has 0 saturated heterocycles. The summed E-state index contributed by atoms with van der Waals surface area (Å²) in [5.74, 6) is 2.04.